The maximum atomic E-state index is 12.9. The van der Waals surface area contributed by atoms with Crippen molar-refractivity contribution in [1.82, 2.24) is 0 Å². The van der Waals surface area contributed by atoms with E-state index in [0.29, 0.717) is 19.3 Å². The lowest BCUT2D eigenvalue weighted by Gasteiger charge is -2.18. The van der Waals surface area contributed by atoms with Gasteiger partial charge in [-0.05, 0) is 89.9 Å². The number of hydrogen-bond acceptors (Lipinski definition) is 6. The van der Waals surface area contributed by atoms with Gasteiger partial charge < -0.3 is 14.2 Å². The van der Waals surface area contributed by atoms with E-state index >= 15 is 0 Å². The standard InChI is InChI=1S/C75H136O6/c1-4-7-10-13-16-19-22-24-26-28-30-32-34-36-37-39-40-42-44-46-48-50-53-56-59-62-65-68-74(77)80-71-72(70-79-73(76)67-64-61-58-55-52-21-18-15-12-9-6-3)81-75(78)69-66-63-60-57-54-51-49-47-45-43-41-38-35-33-31-29-27-25-23-20-17-14-11-8-5-2/h22-25,28-31,35,38,72H,4-21,26-27,32-34,36-37,39-71H2,1-3H3/b24-22-,25-23-,30-28-,31-29-,38-35-. The summed E-state index contributed by atoms with van der Waals surface area (Å²) in [5.41, 5.74) is 0. The summed E-state index contributed by atoms with van der Waals surface area (Å²) in [6.07, 6.45) is 89.7. The van der Waals surface area contributed by atoms with Gasteiger partial charge in [0.2, 0.25) is 0 Å². The molecule has 0 heterocycles. The Morgan fingerprint density at radius 3 is 0.691 bits per heavy atom. The van der Waals surface area contributed by atoms with E-state index in [1.807, 2.05) is 0 Å². The lowest BCUT2D eigenvalue weighted by atomic mass is 10.0. The van der Waals surface area contributed by atoms with Gasteiger partial charge in [-0.15, -0.1) is 0 Å². The molecule has 0 fully saturated rings. The summed E-state index contributed by atoms with van der Waals surface area (Å²) in [6, 6.07) is 0. The maximum Gasteiger partial charge on any atom is 0.306 e. The minimum absolute atomic E-state index is 0.0713. The minimum Gasteiger partial charge on any atom is -0.462 e. The highest BCUT2D eigenvalue weighted by atomic mass is 16.6. The smallest absolute Gasteiger partial charge is 0.306 e. The van der Waals surface area contributed by atoms with Gasteiger partial charge in [-0.3, -0.25) is 14.4 Å². The van der Waals surface area contributed by atoms with Crippen LogP contribution in [-0.2, 0) is 28.6 Å². The van der Waals surface area contributed by atoms with Crippen molar-refractivity contribution in [1.29, 1.82) is 0 Å². The molecule has 0 rings (SSSR count). The van der Waals surface area contributed by atoms with Crippen molar-refractivity contribution in [3.8, 4) is 0 Å². The number of hydrogen-bond donors (Lipinski definition) is 0. The molecule has 0 aliphatic rings. The van der Waals surface area contributed by atoms with Crippen LogP contribution in [0.2, 0.25) is 0 Å². The molecule has 1 atom stereocenters. The van der Waals surface area contributed by atoms with Crippen molar-refractivity contribution in [2.75, 3.05) is 13.2 Å². The van der Waals surface area contributed by atoms with Gasteiger partial charge in [0.05, 0.1) is 0 Å². The molecule has 1 unspecified atom stereocenters. The van der Waals surface area contributed by atoms with Crippen LogP contribution in [0.3, 0.4) is 0 Å². The van der Waals surface area contributed by atoms with Gasteiger partial charge in [0.15, 0.2) is 6.10 Å². The second-order valence-corrected chi connectivity index (χ2v) is 24.1. The van der Waals surface area contributed by atoms with Crippen molar-refractivity contribution in [2.24, 2.45) is 0 Å². The number of esters is 3. The van der Waals surface area contributed by atoms with E-state index < -0.39 is 6.10 Å². The van der Waals surface area contributed by atoms with Crippen LogP contribution < -0.4 is 0 Å². The van der Waals surface area contributed by atoms with Crippen LogP contribution in [0.25, 0.3) is 0 Å². The van der Waals surface area contributed by atoms with Crippen molar-refractivity contribution in [2.45, 2.75) is 386 Å². The Kier molecular flexibility index (Phi) is 67.1. The minimum atomic E-state index is -0.775. The van der Waals surface area contributed by atoms with Crippen LogP contribution in [0.4, 0.5) is 0 Å². The molecule has 0 aromatic heterocycles. The van der Waals surface area contributed by atoms with E-state index in [9.17, 15) is 14.4 Å². The molecule has 0 aromatic carbocycles. The Morgan fingerprint density at radius 1 is 0.247 bits per heavy atom. The molecule has 0 aliphatic carbocycles. The Morgan fingerprint density at radius 2 is 0.444 bits per heavy atom. The summed E-state index contributed by atoms with van der Waals surface area (Å²) >= 11 is 0. The zero-order valence-corrected chi connectivity index (χ0v) is 54.3. The monoisotopic (exact) mass is 1130 g/mol. The summed E-state index contributed by atoms with van der Waals surface area (Å²) in [4.78, 5) is 38.4. The molecule has 81 heavy (non-hydrogen) atoms. The summed E-state index contributed by atoms with van der Waals surface area (Å²) < 4.78 is 17.0. The lowest BCUT2D eigenvalue weighted by molar-refractivity contribution is -0.167. The zero-order chi connectivity index (χ0) is 58.5. The Bertz CT molecular complexity index is 1440. The van der Waals surface area contributed by atoms with E-state index in [1.165, 1.54) is 263 Å². The first kappa shape index (κ1) is 78.1. The molecular weight excluding hydrogens is 997 g/mol. The average molecular weight is 1130 g/mol. The van der Waals surface area contributed by atoms with Gasteiger partial charge >= 0.3 is 17.9 Å². The number of rotatable bonds is 66. The molecule has 0 saturated heterocycles. The SMILES string of the molecule is CCCCCCC/C=C\C/C=C\C/C=C\CCCCCCCCCCCCC(=O)OC(COC(=O)CCCCCCCCCCCCC)COC(=O)CCCCCCCCCCCCCCCCC/C=C\C/C=C\CCCCCCC. The fraction of sp³-hybridized carbons (Fsp3) is 0.827. The number of allylic oxidation sites excluding steroid dienone is 10. The van der Waals surface area contributed by atoms with Crippen LogP contribution in [0, 0.1) is 0 Å². The number of ether oxygens (including phenoxy) is 3. The fourth-order valence-corrected chi connectivity index (χ4v) is 10.6. The first-order chi connectivity index (χ1) is 40.0. The van der Waals surface area contributed by atoms with Crippen LogP contribution >= 0.6 is 0 Å². The zero-order valence-electron chi connectivity index (χ0n) is 54.3. The molecule has 6 nitrogen and oxygen atoms in total. The second kappa shape index (κ2) is 69.6. The van der Waals surface area contributed by atoms with E-state index in [4.69, 9.17) is 14.2 Å². The highest BCUT2D eigenvalue weighted by Gasteiger charge is 2.19. The van der Waals surface area contributed by atoms with Gasteiger partial charge in [-0.25, -0.2) is 0 Å². The van der Waals surface area contributed by atoms with Gasteiger partial charge in [0.1, 0.15) is 13.2 Å². The van der Waals surface area contributed by atoms with E-state index in [1.54, 1.807) is 0 Å². The van der Waals surface area contributed by atoms with Crippen LogP contribution in [0.15, 0.2) is 60.8 Å². The van der Waals surface area contributed by atoms with Crippen LogP contribution in [0.5, 0.6) is 0 Å². The maximum absolute atomic E-state index is 12.9. The average Bonchev–Trinajstić information content (AvgIpc) is 3.47. The Balaban J connectivity index is 4.20. The first-order valence-corrected chi connectivity index (χ1v) is 35.8. The fourth-order valence-electron chi connectivity index (χ4n) is 10.6. The molecule has 0 saturated carbocycles. The van der Waals surface area contributed by atoms with Crippen molar-refractivity contribution in [3.63, 3.8) is 0 Å². The third kappa shape index (κ3) is 67.8. The summed E-state index contributed by atoms with van der Waals surface area (Å²) in [5.74, 6) is -0.853. The molecule has 0 bridgehead atoms. The van der Waals surface area contributed by atoms with Crippen molar-refractivity contribution < 1.29 is 28.6 Å². The number of unbranched alkanes of at least 4 members (excludes halogenated alkanes) is 45. The second-order valence-electron chi connectivity index (χ2n) is 24.1. The molecule has 0 spiro atoms. The number of carbonyl (C=O) groups excluding carboxylic acids is 3. The van der Waals surface area contributed by atoms with Crippen molar-refractivity contribution in [3.05, 3.63) is 60.8 Å². The molecule has 6 heteroatoms. The quantitative estimate of drug-likeness (QED) is 0.0261. The first-order valence-electron chi connectivity index (χ1n) is 35.8. The molecular formula is C75H136O6. The Hall–Kier alpha value is -2.89. The summed E-state index contributed by atoms with van der Waals surface area (Å²) in [5, 5.41) is 0. The highest BCUT2D eigenvalue weighted by Crippen LogP contribution is 2.18. The van der Waals surface area contributed by atoms with Gasteiger partial charge in [-0.1, -0.05) is 332 Å². The van der Waals surface area contributed by atoms with Crippen LogP contribution in [0.1, 0.15) is 380 Å². The highest BCUT2D eigenvalue weighted by molar-refractivity contribution is 5.71. The summed E-state index contributed by atoms with van der Waals surface area (Å²) in [6.45, 7) is 6.66. The number of carbonyl (C=O) groups is 3. The lowest BCUT2D eigenvalue weighted by Crippen LogP contribution is -2.30. The molecule has 0 radical (unpaired) electrons. The molecule has 0 amide bonds. The third-order valence-corrected chi connectivity index (χ3v) is 16.0. The predicted octanol–water partition coefficient (Wildman–Crippen LogP) is 24.7. The van der Waals surface area contributed by atoms with E-state index in [2.05, 4.69) is 81.5 Å². The Labute approximate surface area is 504 Å². The third-order valence-electron chi connectivity index (χ3n) is 16.0. The molecule has 0 N–H and O–H groups in total. The normalized spacial score (nSPS) is 12.4. The largest absolute Gasteiger partial charge is 0.462 e. The van der Waals surface area contributed by atoms with E-state index in [0.717, 1.165) is 77.0 Å². The van der Waals surface area contributed by atoms with Gasteiger partial charge in [-0.2, -0.15) is 0 Å². The van der Waals surface area contributed by atoms with E-state index in [-0.39, 0.29) is 31.1 Å². The molecule has 0 aromatic rings. The summed E-state index contributed by atoms with van der Waals surface area (Å²) in [7, 11) is 0. The van der Waals surface area contributed by atoms with Gasteiger partial charge in [0, 0.05) is 19.3 Å². The van der Waals surface area contributed by atoms with Crippen LogP contribution in [-0.4, -0.2) is 37.2 Å². The van der Waals surface area contributed by atoms with Gasteiger partial charge in [0.25, 0.3) is 0 Å². The predicted molar refractivity (Wildman–Crippen MR) is 353 cm³/mol. The molecule has 472 valence electrons. The van der Waals surface area contributed by atoms with Crippen molar-refractivity contribution >= 4 is 17.9 Å². The topological polar surface area (TPSA) is 78.9 Å². The molecule has 0 aliphatic heterocycles.